The zero-order chi connectivity index (χ0) is 25.9. The van der Waals surface area contributed by atoms with Crippen LogP contribution in [0.4, 0.5) is 0 Å². The number of ether oxygens (including phenoxy) is 1. The number of aryl methyl sites for hydroxylation is 3. The van der Waals surface area contributed by atoms with Gasteiger partial charge in [0.15, 0.2) is 0 Å². The lowest BCUT2D eigenvalue weighted by Crippen LogP contribution is -2.29. The van der Waals surface area contributed by atoms with Crippen molar-refractivity contribution >= 4 is 38.4 Å². The first-order valence-corrected chi connectivity index (χ1v) is 13.7. The van der Waals surface area contributed by atoms with E-state index in [0.717, 1.165) is 28.6 Å². The van der Waals surface area contributed by atoms with E-state index in [9.17, 15) is 9.59 Å². The second-order valence-electron chi connectivity index (χ2n) is 9.63. The summed E-state index contributed by atoms with van der Waals surface area (Å²) >= 11 is 1.71. The molecule has 190 valence electrons. The minimum absolute atomic E-state index is 0.0871. The molecule has 0 saturated carbocycles. The van der Waals surface area contributed by atoms with Crippen LogP contribution in [0.2, 0.25) is 0 Å². The lowest BCUT2D eigenvalue weighted by molar-refractivity contribution is -0.144. The van der Waals surface area contributed by atoms with E-state index in [4.69, 9.17) is 4.74 Å². The van der Waals surface area contributed by atoms with Gasteiger partial charge in [-0.25, -0.2) is 4.79 Å². The van der Waals surface area contributed by atoms with Crippen LogP contribution in [-0.4, -0.2) is 21.7 Å². The summed E-state index contributed by atoms with van der Waals surface area (Å²) in [5.74, 6) is -0.277. The van der Waals surface area contributed by atoms with Gasteiger partial charge in [-0.15, -0.1) is 11.3 Å². The second-order valence-corrected chi connectivity index (χ2v) is 10.5. The molecule has 2 heterocycles. The minimum atomic E-state index is -0.307. The van der Waals surface area contributed by atoms with Gasteiger partial charge in [0, 0.05) is 16.1 Å². The molecule has 0 fully saturated rings. The third-order valence-electron chi connectivity index (χ3n) is 7.01. The van der Waals surface area contributed by atoms with E-state index in [1.807, 2.05) is 53.3 Å². The van der Waals surface area contributed by atoms with Crippen LogP contribution < -0.4 is 5.69 Å². The number of carbonyl (C=O) groups is 1. The van der Waals surface area contributed by atoms with Gasteiger partial charge in [-0.05, 0) is 79.4 Å². The first kappa shape index (κ1) is 25.0. The van der Waals surface area contributed by atoms with Crippen molar-refractivity contribution < 1.29 is 9.53 Å². The average molecular weight is 513 g/mol. The van der Waals surface area contributed by atoms with Crippen molar-refractivity contribution in [2.75, 3.05) is 6.61 Å². The van der Waals surface area contributed by atoms with Crippen LogP contribution >= 0.6 is 11.3 Å². The number of esters is 1. The van der Waals surface area contributed by atoms with Crippen molar-refractivity contribution in [2.24, 2.45) is 0 Å². The molecule has 3 aromatic carbocycles. The number of benzene rings is 3. The predicted octanol–water partition coefficient (Wildman–Crippen LogP) is 6.81. The Hall–Kier alpha value is -3.64. The molecule has 1 atom stereocenters. The van der Waals surface area contributed by atoms with Crippen LogP contribution in [0, 0.1) is 13.8 Å². The van der Waals surface area contributed by atoms with Crippen LogP contribution in [0.1, 0.15) is 48.1 Å². The summed E-state index contributed by atoms with van der Waals surface area (Å²) in [5.41, 5.74) is 6.28. The molecule has 5 nitrogen and oxygen atoms in total. The fourth-order valence-corrected chi connectivity index (χ4v) is 6.27. The van der Waals surface area contributed by atoms with Crippen molar-refractivity contribution in [2.45, 2.75) is 52.6 Å². The van der Waals surface area contributed by atoms with Crippen LogP contribution in [0.3, 0.4) is 0 Å². The van der Waals surface area contributed by atoms with Gasteiger partial charge in [0.2, 0.25) is 0 Å². The molecule has 0 bridgehead atoms. The quantitative estimate of drug-likeness (QED) is 0.204. The fraction of sp³-hybridized carbons (Fsp3) is 0.290. The Balaban J connectivity index is 1.61. The molecule has 0 spiro atoms. The number of rotatable bonds is 9. The normalized spacial score (nSPS) is 12.3. The number of carbonyl (C=O) groups excluding carboxylic acids is 1. The fourth-order valence-electron chi connectivity index (χ4n) is 5.24. The highest BCUT2D eigenvalue weighted by molar-refractivity contribution is 7.17. The highest BCUT2D eigenvalue weighted by Gasteiger charge is 2.24. The van der Waals surface area contributed by atoms with Crippen molar-refractivity contribution in [3.8, 4) is 0 Å². The maximum absolute atomic E-state index is 14.1. The second kappa shape index (κ2) is 10.8. The summed E-state index contributed by atoms with van der Waals surface area (Å²) in [6.45, 7) is 6.77. The largest absolute Gasteiger partial charge is 0.466 e. The van der Waals surface area contributed by atoms with E-state index >= 15 is 0 Å². The van der Waals surface area contributed by atoms with Crippen LogP contribution in [-0.2, 0) is 22.5 Å². The lowest BCUT2D eigenvalue weighted by Gasteiger charge is -2.18. The van der Waals surface area contributed by atoms with Gasteiger partial charge in [-0.3, -0.25) is 13.9 Å². The molecule has 0 aliphatic rings. The highest BCUT2D eigenvalue weighted by atomic mass is 32.1. The molecule has 6 heteroatoms. The molecule has 0 aliphatic heterocycles. The number of aromatic nitrogens is 2. The Morgan fingerprint density at radius 1 is 1.00 bits per heavy atom. The molecule has 0 aliphatic carbocycles. The van der Waals surface area contributed by atoms with Gasteiger partial charge in [0.25, 0.3) is 0 Å². The maximum Gasteiger partial charge on any atom is 0.329 e. The van der Waals surface area contributed by atoms with Gasteiger partial charge in [0.1, 0.15) is 0 Å². The number of hydrogen-bond donors (Lipinski definition) is 0. The monoisotopic (exact) mass is 512 g/mol. The first-order valence-electron chi connectivity index (χ1n) is 12.8. The standard InChI is InChI=1S/C31H32N2O3S/c1-4-36-29(34)18-25(15-14-23-10-6-5-7-11-23)33-27-17-21(2)13-16-26(27)32(31(33)35)19-24-20-37-28-12-8-9-22(3)30(24)28/h5-13,16-17,20,25H,4,14-15,18-19H2,1-3H3. The molecule has 2 aromatic heterocycles. The van der Waals surface area contributed by atoms with E-state index in [0.29, 0.717) is 19.6 Å². The SMILES string of the molecule is CCOC(=O)CC(CCc1ccccc1)n1c(=O)n(Cc2csc3cccc(C)c23)c2ccc(C)cc21. The summed E-state index contributed by atoms with van der Waals surface area (Å²) in [6, 6.07) is 22.4. The summed E-state index contributed by atoms with van der Waals surface area (Å²) in [6.07, 6.45) is 1.59. The molecular formula is C31H32N2O3S. The maximum atomic E-state index is 14.1. The van der Waals surface area contributed by atoms with E-state index in [1.54, 1.807) is 11.3 Å². The predicted molar refractivity (Wildman–Crippen MR) is 152 cm³/mol. The smallest absolute Gasteiger partial charge is 0.329 e. The Bertz CT molecular complexity index is 1610. The summed E-state index contributed by atoms with van der Waals surface area (Å²) in [4.78, 5) is 26.8. The molecule has 5 rings (SSSR count). The van der Waals surface area contributed by atoms with E-state index in [-0.39, 0.29) is 24.1 Å². The van der Waals surface area contributed by atoms with Crippen LogP contribution in [0.5, 0.6) is 0 Å². The van der Waals surface area contributed by atoms with Gasteiger partial charge < -0.3 is 4.74 Å². The van der Waals surface area contributed by atoms with Gasteiger partial charge in [0.05, 0.1) is 30.6 Å². The third-order valence-corrected chi connectivity index (χ3v) is 8.01. The molecule has 0 N–H and O–H groups in total. The van der Waals surface area contributed by atoms with Crippen LogP contribution in [0.25, 0.3) is 21.1 Å². The van der Waals surface area contributed by atoms with Gasteiger partial charge in [-0.1, -0.05) is 48.5 Å². The average Bonchev–Trinajstić information content (AvgIpc) is 3.42. The third kappa shape index (κ3) is 5.12. The van der Waals surface area contributed by atoms with E-state index < -0.39 is 0 Å². The Morgan fingerprint density at radius 3 is 2.59 bits per heavy atom. The molecule has 5 aromatic rings. The van der Waals surface area contributed by atoms with E-state index in [1.165, 1.54) is 21.2 Å². The first-order chi connectivity index (χ1) is 18.0. The summed E-state index contributed by atoms with van der Waals surface area (Å²) in [7, 11) is 0. The zero-order valence-electron chi connectivity index (χ0n) is 21.6. The lowest BCUT2D eigenvalue weighted by atomic mass is 10.0. The van der Waals surface area contributed by atoms with Crippen molar-refractivity contribution in [1.82, 2.24) is 9.13 Å². The summed E-state index contributed by atoms with van der Waals surface area (Å²) in [5, 5.41) is 3.38. The number of hydrogen-bond acceptors (Lipinski definition) is 4. The van der Waals surface area contributed by atoms with Crippen molar-refractivity contribution in [3.63, 3.8) is 0 Å². The molecular weight excluding hydrogens is 480 g/mol. The van der Waals surface area contributed by atoms with Crippen molar-refractivity contribution in [1.29, 1.82) is 0 Å². The molecule has 0 radical (unpaired) electrons. The molecule has 0 amide bonds. The zero-order valence-corrected chi connectivity index (χ0v) is 22.4. The van der Waals surface area contributed by atoms with Gasteiger partial charge >= 0.3 is 11.7 Å². The Morgan fingerprint density at radius 2 is 1.81 bits per heavy atom. The Labute approximate surface area is 220 Å². The van der Waals surface area contributed by atoms with Crippen LogP contribution in [0.15, 0.2) is 76.9 Å². The Kier molecular flexibility index (Phi) is 7.28. The number of fused-ring (bicyclic) bond motifs is 2. The minimum Gasteiger partial charge on any atom is -0.466 e. The van der Waals surface area contributed by atoms with Crippen molar-refractivity contribution in [3.05, 3.63) is 105 Å². The van der Waals surface area contributed by atoms with E-state index in [2.05, 4.69) is 48.7 Å². The van der Waals surface area contributed by atoms with Gasteiger partial charge in [-0.2, -0.15) is 0 Å². The highest BCUT2D eigenvalue weighted by Crippen LogP contribution is 2.31. The summed E-state index contributed by atoms with van der Waals surface area (Å²) < 4.78 is 10.2. The molecule has 37 heavy (non-hydrogen) atoms. The molecule has 1 unspecified atom stereocenters. The number of imidazole rings is 1. The number of nitrogens with zero attached hydrogens (tertiary/aromatic N) is 2. The number of thiophene rings is 1. The topological polar surface area (TPSA) is 53.2 Å². The molecule has 0 saturated heterocycles.